The van der Waals surface area contributed by atoms with E-state index in [4.69, 9.17) is 0 Å². The van der Waals surface area contributed by atoms with Crippen molar-refractivity contribution in [3.63, 3.8) is 0 Å². The number of benzene rings is 2. The predicted molar refractivity (Wildman–Crippen MR) is 142 cm³/mol. The van der Waals surface area contributed by atoms with Gasteiger partial charge >= 0.3 is 0 Å². The average Bonchev–Trinajstić information content (AvgIpc) is 2.83. The van der Waals surface area contributed by atoms with Gasteiger partial charge in [0, 0.05) is 13.1 Å². The second kappa shape index (κ2) is 13.3. The number of rotatable bonds is 13. The lowest BCUT2D eigenvalue weighted by molar-refractivity contribution is -0.140. The fourth-order valence-corrected chi connectivity index (χ4v) is 4.76. The minimum Gasteiger partial charge on any atom is -0.354 e. The van der Waals surface area contributed by atoms with Crippen molar-refractivity contribution < 1.29 is 18.0 Å². The van der Waals surface area contributed by atoms with Gasteiger partial charge in [0.05, 0.1) is 11.9 Å². The minimum absolute atomic E-state index is 0.220. The molecular formula is C27H39N3O4S. The zero-order chi connectivity index (χ0) is 26.0. The Bertz CT molecular complexity index is 1080. The Kier molecular flexibility index (Phi) is 10.8. The highest BCUT2D eigenvalue weighted by molar-refractivity contribution is 7.92. The Balaban J connectivity index is 2.40. The van der Waals surface area contributed by atoms with Gasteiger partial charge < -0.3 is 10.2 Å². The van der Waals surface area contributed by atoms with Gasteiger partial charge in [-0.1, -0.05) is 63.6 Å². The van der Waals surface area contributed by atoms with Gasteiger partial charge in [0.15, 0.2) is 0 Å². The lowest BCUT2D eigenvalue weighted by atomic mass is 10.1. The predicted octanol–water partition coefficient (Wildman–Crippen LogP) is 4.05. The van der Waals surface area contributed by atoms with E-state index < -0.39 is 22.0 Å². The van der Waals surface area contributed by atoms with Crippen LogP contribution in [-0.2, 0) is 32.6 Å². The van der Waals surface area contributed by atoms with Crippen LogP contribution in [0.1, 0.15) is 56.7 Å². The SMILES string of the molecule is CCCCNC(=O)[C@H](CC)N(Cc1ccccc1C)C(=O)CN(c1ccc(CC)cc1)S(C)(=O)=O. The molecule has 0 aliphatic rings. The molecule has 1 N–H and O–H groups in total. The molecule has 0 heterocycles. The molecule has 1 atom stereocenters. The first-order valence-corrected chi connectivity index (χ1v) is 14.1. The molecule has 0 aliphatic heterocycles. The summed E-state index contributed by atoms with van der Waals surface area (Å²) in [5, 5.41) is 2.93. The number of nitrogens with one attached hydrogen (secondary N) is 1. The normalized spacial score (nSPS) is 12.1. The first-order valence-electron chi connectivity index (χ1n) is 12.3. The van der Waals surface area contributed by atoms with Crippen LogP contribution >= 0.6 is 0 Å². The molecular weight excluding hydrogens is 462 g/mol. The number of unbranched alkanes of at least 4 members (excludes halogenated alkanes) is 1. The van der Waals surface area contributed by atoms with Gasteiger partial charge in [0.1, 0.15) is 12.6 Å². The van der Waals surface area contributed by atoms with E-state index in [1.807, 2.05) is 64.1 Å². The van der Waals surface area contributed by atoms with Crippen LogP contribution in [-0.4, -0.2) is 50.5 Å². The quantitative estimate of drug-likeness (QED) is 0.420. The largest absolute Gasteiger partial charge is 0.354 e. The van der Waals surface area contributed by atoms with Gasteiger partial charge in [-0.05, 0) is 55.0 Å². The van der Waals surface area contributed by atoms with Crippen molar-refractivity contribution in [3.05, 3.63) is 65.2 Å². The number of nitrogens with zero attached hydrogens (tertiary/aromatic N) is 2. The third-order valence-corrected chi connectivity index (χ3v) is 7.27. The summed E-state index contributed by atoms with van der Waals surface area (Å²) in [6.07, 6.45) is 4.13. The first kappa shape index (κ1) is 28.4. The average molecular weight is 502 g/mol. The number of hydrogen-bond donors (Lipinski definition) is 1. The molecule has 0 bridgehead atoms. The molecule has 0 aromatic heterocycles. The Morgan fingerprint density at radius 3 is 2.20 bits per heavy atom. The molecule has 0 fully saturated rings. The maximum atomic E-state index is 13.7. The number of carbonyl (C=O) groups is 2. The molecule has 0 saturated carbocycles. The van der Waals surface area contributed by atoms with Gasteiger partial charge in [-0.15, -0.1) is 0 Å². The zero-order valence-electron chi connectivity index (χ0n) is 21.6. The van der Waals surface area contributed by atoms with Crippen LogP contribution in [0.3, 0.4) is 0 Å². The molecule has 0 radical (unpaired) electrons. The monoisotopic (exact) mass is 501 g/mol. The lowest BCUT2D eigenvalue weighted by Gasteiger charge is -2.33. The summed E-state index contributed by atoms with van der Waals surface area (Å²) in [4.78, 5) is 28.3. The van der Waals surface area contributed by atoms with Crippen LogP contribution in [0.5, 0.6) is 0 Å². The van der Waals surface area contributed by atoms with E-state index in [9.17, 15) is 18.0 Å². The van der Waals surface area contributed by atoms with Crippen LogP contribution < -0.4 is 9.62 Å². The summed E-state index contributed by atoms with van der Waals surface area (Å²) < 4.78 is 26.5. The van der Waals surface area contributed by atoms with E-state index in [2.05, 4.69) is 5.32 Å². The Morgan fingerprint density at radius 1 is 1.00 bits per heavy atom. The van der Waals surface area contributed by atoms with E-state index in [0.717, 1.165) is 46.5 Å². The van der Waals surface area contributed by atoms with Crippen LogP contribution in [0.25, 0.3) is 0 Å². The van der Waals surface area contributed by atoms with Gasteiger partial charge in [-0.2, -0.15) is 0 Å². The van der Waals surface area contributed by atoms with Gasteiger partial charge in [0.2, 0.25) is 21.8 Å². The van der Waals surface area contributed by atoms with E-state index in [0.29, 0.717) is 18.7 Å². The maximum absolute atomic E-state index is 13.7. The van der Waals surface area contributed by atoms with Crippen LogP contribution in [0, 0.1) is 6.92 Å². The lowest BCUT2D eigenvalue weighted by Crippen LogP contribution is -2.52. The summed E-state index contributed by atoms with van der Waals surface area (Å²) in [5.74, 6) is -0.642. The van der Waals surface area contributed by atoms with Gasteiger partial charge in [-0.3, -0.25) is 13.9 Å². The third kappa shape index (κ3) is 8.09. The van der Waals surface area contributed by atoms with Crippen molar-refractivity contribution >= 4 is 27.5 Å². The second-order valence-corrected chi connectivity index (χ2v) is 10.7. The zero-order valence-corrected chi connectivity index (χ0v) is 22.4. The Hall–Kier alpha value is -2.87. The summed E-state index contributed by atoms with van der Waals surface area (Å²) in [6.45, 7) is 8.26. The van der Waals surface area contributed by atoms with Crippen molar-refractivity contribution in [3.8, 4) is 0 Å². The molecule has 192 valence electrons. The summed E-state index contributed by atoms with van der Waals surface area (Å²) in [6, 6.07) is 14.1. The number of carbonyl (C=O) groups excluding carboxylic acids is 2. The topological polar surface area (TPSA) is 86.8 Å². The fourth-order valence-electron chi connectivity index (χ4n) is 3.91. The Morgan fingerprint density at radius 2 is 1.66 bits per heavy atom. The van der Waals surface area contributed by atoms with E-state index >= 15 is 0 Å². The van der Waals surface area contributed by atoms with Crippen molar-refractivity contribution in [2.24, 2.45) is 0 Å². The first-order chi connectivity index (χ1) is 16.6. The molecule has 0 aliphatic carbocycles. The van der Waals surface area contributed by atoms with Crippen molar-refractivity contribution in [1.82, 2.24) is 10.2 Å². The number of anilines is 1. The van der Waals surface area contributed by atoms with E-state index in [1.165, 1.54) is 4.90 Å². The maximum Gasteiger partial charge on any atom is 0.244 e. The molecule has 2 rings (SSSR count). The van der Waals surface area contributed by atoms with Crippen molar-refractivity contribution in [2.75, 3.05) is 23.7 Å². The van der Waals surface area contributed by atoms with Crippen LogP contribution in [0.4, 0.5) is 5.69 Å². The molecule has 0 saturated heterocycles. The molecule has 0 spiro atoms. The van der Waals surface area contributed by atoms with Gasteiger partial charge in [-0.25, -0.2) is 8.42 Å². The second-order valence-electron chi connectivity index (χ2n) is 8.81. The fraction of sp³-hybridized carbons (Fsp3) is 0.481. The number of hydrogen-bond acceptors (Lipinski definition) is 4. The highest BCUT2D eigenvalue weighted by Gasteiger charge is 2.31. The molecule has 2 aromatic carbocycles. The van der Waals surface area contributed by atoms with Crippen LogP contribution in [0.15, 0.2) is 48.5 Å². The summed E-state index contributed by atoms with van der Waals surface area (Å²) in [5.41, 5.74) is 3.42. The van der Waals surface area contributed by atoms with Gasteiger partial charge in [0.25, 0.3) is 0 Å². The molecule has 8 heteroatoms. The standard InChI is InChI=1S/C27H39N3O4S/c1-6-9-18-28-27(32)25(8-3)29(19-23-13-11-10-12-21(23)4)26(31)20-30(35(5,33)34)24-16-14-22(7-2)15-17-24/h10-17,25H,6-9,18-20H2,1-5H3,(H,28,32)/t25-/m0/s1. The molecule has 2 amide bonds. The number of amides is 2. The molecule has 35 heavy (non-hydrogen) atoms. The minimum atomic E-state index is -3.73. The van der Waals surface area contributed by atoms with Crippen molar-refractivity contribution in [1.29, 1.82) is 0 Å². The molecule has 0 unspecified atom stereocenters. The number of sulfonamides is 1. The highest BCUT2D eigenvalue weighted by atomic mass is 32.2. The molecule has 2 aromatic rings. The smallest absolute Gasteiger partial charge is 0.244 e. The van der Waals surface area contributed by atoms with Crippen molar-refractivity contribution in [2.45, 2.75) is 66.0 Å². The molecule has 7 nitrogen and oxygen atoms in total. The summed E-state index contributed by atoms with van der Waals surface area (Å²) >= 11 is 0. The summed E-state index contributed by atoms with van der Waals surface area (Å²) in [7, 11) is -3.73. The van der Waals surface area contributed by atoms with E-state index in [-0.39, 0.29) is 19.0 Å². The number of aryl methyl sites for hydroxylation is 2. The van der Waals surface area contributed by atoms with Crippen LogP contribution in [0.2, 0.25) is 0 Å². The third-order valence-electron chi connectivity index (χ3n) is 6.13. The highest BCUT2D eigenvalue weighted by Crippen LogP contribution is 2.21. The van der Waals surface area contributed by atoms with E-state index in [1.54, 1.807) is 12.1 Å². The Labute approximate surface area is 210 Å².